The summed E-state index contributed by atoms with van der Waals surface area (Å²) in [5.74, 6) is -0.178. The van der Waals surface area contributed by atoms with Gasteiger partial charge in [0.25, 0.3) is 5.91 Å². The molecule has 0 saturated heterocycles. The Kier molecular flexibility index (Phi) is 3.91. The van der Waals surface area contributed by atoms with E-state index < -0.39 is 0 Å². The highest BCUT2D eigenvalue weighted by molar-refractivity contribution is 6.01. The summed E-state index contributed by atoms with van der Waals surface area (Å²) in [7, 11) is 0. The number of rotatable bonds is 4. The highest BCUT2D eigenvalue weighted by atomic mass is 16.3. The first-order valence-electron chi connectivity index (χ1n) is 7.42. The van der Waals surface area contributed by atoms with Gasteiger partial charge in [-0.25, -0.2) is 0 Å². The van der Waals surface area contributed by atoms with Gasteiger partial charge in [-0.15, -0.1) is 0 Å². The molecule has 2 aromatic carbocycles. The Morgan fingerprint density at radius 1 is 1.19 bits per heavy atom. The van der Waals surface area contributed by atoms with Crippen LogP contribution in [0.2, 0.25) is 0 Å². The minimum absolute atomic E-state index is 0.0336. The average Bonchev–Trinajstić information content (AvgIpc) is 2.99. The zero-order valence-electron chi connectivity index (χ0n) is 11.9. The number of allylic oxidation sites excluding steroid dienone is 1. The van der Waals surface area contributed by atoms with Crippen LogP contribution in [0.25, 0.3) is 10.8 Å². The van der Waals surface area contributed by atoms with Gasteiger partial charge >= 0.3 is 0 Å². The molecule has 0 aliphatic heterocycles. The Balaban J connectivity index is 1.70. The molecule has 21 heavy (non-hydrogen) atoms. The highest BCUT2D eigenvalue weighted by Crippen LogP contribution is 2.25. The Morgan fingerprint density at radius 2 is 1.95 bits per heavy atom. The molecule has 108 valence electrons. The molecule has 0 heterocycles. The fourth-order valence-corrected chi connectivity index (χ4v) is 2.81. The van der Waals surface area contributed by atoms with Crippen LogP contribution < -0.4 is 5.32 Å². The van der Waals surface area contributed by atoms with Crippen LogP contribution in [-0.4, -0.2) is 17.6 Å². The van der Waals surface area contributed by atoms with Crippen LogP contribution in [-0.2, 0) is 0 Å². The van der Waals surface area contributed by atoms with Crippen molar-refractivity contribution in [3.8, 4) is 5.75 Å². The first-order chi connectivity index (χ1) is 10.2. The molecule has 0 unspecified atom stereocenters. The van der Waals surface area contributed by atoms with Crippen molar-refractivity contribution in [1.82, 2.24) is 5.32 Å². The Morgan fingerprint density at radius 3 is 2.67 bits per heavy atom. The van der Waals surface area contributed by atoms with E-state index in [1.807, 2.05) is 24.3 Å². The molecule has 0 radical (unpaired) electrons. The number of fused-ring (bicyclic) bond motifs is 1. The van der Waals surface area contributed by atoms with Crippen LogP contribution in [0.4, 0.5) is 0 Å². The van der Waals surface area contributed by atoms with E-state index in [-0.39, 0.29) is 11.7 Å². The number of carbonyl (C=O) groups is 1. The number of phenols is 1. The van der Waals surface area contributed by atoms with E-state index in [1.165, 1.54) is 12.0 Å². The summed E-state index contributed by atoms with van der Waals surface area (Å²) in [6.45, 7) is 0.622. The van der Waals surface area contributed by atoms with Gasteiger partial charge in [0.05, 0.1) is 5.56 Å². The third-order valence-electron chi connectivity index (χ3n) is 3.98. The second-order valence-corrected chi connectivity index (χ2v) is 5.48. The molecule has 2 aromatic rings. The van der Waals surface area contributed by atoms with E-state index in [0.717, 1.165) is 30.0 Å². The molecule has 0 fully saturated rings. The summed E-state index contributed by atoms with van der Waals surface area (Å²) in [6, 6.07) is 11.1. The summed E-state index contributed by atoms with van der Waals surface area (Å²) < 4.78 is 0. The number of aromatic hydroxyl groups is 1. The zero-order valence-corrected chi connectivity index (χ0v) is 11.9. The van der Waals surface area contributed by atoms with Gasteiger partial charge in [-0.05, 0) is 48.6 Å². The van der Waals surface area contributed by atoms with Gasteiger partial charge in [-0.3, -0.25) is 4.79 Å². The fourth-order valence-electron chi connectivity index (χ4n) is 2.81. The van der Waals surface area contributed by atoms with E-state index in [2.05, 4.69) is 11.4 Å². The van der Waals surface area contributed by atoms with E-state index >= 15 is 0 Å². The van der Waals surface area contributed by atoms with Crippen molar-refractivity contribution in [2.75, 3.05) is 6.54 Å². The summed E-state index contributed by atoms with van der Waals surface area (Å²) in [4.78, 5) is 12.2. The minimum atomic E-state index is -0.211. The Bertz CT molecular complexity index is 703. The fraction of sp³-hybridized carbons (Fsp3) is 0.278. The lowest BCUT2D eigenvalue weighted by atomic mass is 10.1. The number of hydrogen-bond donors (Lipinski definition) is 2. The van der Waals surface area contributed by atoms with Gasteiger partial charge in [0.2, 0.25) is 0 Å². The number of benzene rings is 2. The molecule has 3 nitrogen and oxygen atoms in total. The van der Waals surface area contributed by atoms with Crippen LogP contribution in [0, 0.1) is 0 Å². The molecular formula is C18H19NO2. The van der Waals surface area contributed by atoms with Gasteiger partial charge in [0.15, 0.2) is 0 Å². The second kappa shape index (κ2) is 6.00. The van der Waals surface area contributed by atoms with Crippen molar-refractivity contribution in [1.29, 1.82) is 0 Å². The maximum absolute atomic E-state index is 12.2. The van der Waals surface area contributed by atoms with Gasteiger partial charge in [-0.2, -0.15) is 0 Å². The van der Waals surface area contributed by atoms with E-state index in [0.29, 0.717) is 12.1 Å². The third kappa shape index (κ3) is 3.07. The SMILES string of the molecule is O=C(NCCC1=CCCC1)c1cc2ccccc2cc1O. The lowest BCUT2D eigenvalue weighted by Crippen LogP contribution is -2.24. The first-order valence-corrected chi connectivity index (χ1v) is 7.42. The maximum atomic E-state index is 12.2. The predicted octanol–water partition coefficient (Wildman–Crippen LogP) is 3.78. The Labute approximate surface area is 124 Å². The lowest BCUT2D eigenvalue weighted by Gasteiger charge is -2.09. The molecule has 0 spiro atoms. The third-order valence-corrected chi connectivity index (χ3v) is 3.98. The van der Waals surface area contributed by atoms with E-state index in [1.54, 1.807) is 12.1 Å². The van der Waals surface area contributed by atoms with Gasteiger partial charge < -0.3 is 10.4 Å². The van der Waals surface area contributed by atoms with Crippen LogP contribution in [0.1, 0.15) is 36.0 Å². The second-order valence-electron chi connectivity index (χ2n) is 5.48. The molecule has 1 aliphatic carbocycles. The summed E-state index contributed by atoms with van der Waals surface area (Å²) in [6.07, 6.45) is 6.71. The van der Waals surface area contributed by atoms with Crippen molar-refractivity contribution in [3.63, 3.8) is 0 Å². The summed E-state index contributed by atoms with van der Waals surface area (Å²) >= 11 is 0. The molecule has 3 rings (SSSR count). The molecule has 3 heteroatoms. The van der Waals surface area contributed by atoms with E-state index in [9.17, 15) is 9.90 Å². The zero-order chi connectivity index (χ0) is 14.7. The van der Waals surface area contributed by atoms with Gasteiger partial charge in [-0.1, -0.05) is 35.9 Å². The summed E-state index contributed by atoms with van der Waals surface area (Å²) in [5.41, 5.74) is 1.77. The quantitative estimate of drug-likeness (QED) is 0.838. The van der Waals surface area contributed by atoms with Crippen LogP contribution in [0.3, 0.4) is 0 Å². The number of hydrogen-bond acceptors (Lipinski definition) is 2. The van der Waals surface area contributed by atoms with Crippen LogP contribution in [0.15, 0.2) is 48.0 Å². The highest BCUT2D eigenvalue weighted by Gasteiger charge is 2.12. The predicted molar refractivity (Wildman–Crippen MR) is 84.5 cm³/mol. The molecule has 0 bridgehead atoms. The van der Waals surface area contributed by atoms with Gasteiger partial charge in [0, 0.05) is 6.54 Å². The number of amides is 1. The van der Waals surface area contributed by atoms with Crippen LogP contribution >= 0.6 is 0 Å². The standard InChI is InChI=1S/C18H19NO2/c20-17-12-15-8-4-3-7-14(15)11-16(17)18(21)19-10-9-13-5-1-2-6-13/h3-5,7-8,11-12,20H,1-2,6,9-10H2,(H,19,21). The van der Waals surface area contributed by atoms with Crippen molar-refractivity contribution in [2.24, 2.45) is 0 Å². The number of carbonyl (C=O) groups excluding carboxylic acids is 1. The minimum Gasteiger partial charge on any atom is -0.507 e. The first kappa shape index (κ1) is 13.7. The molecule has 2 N–H and O–H groups in total. The van der Waals surface area contributed by atoms with Crippen molar-refractivity contribution >= 4 is 16.7 Å². The maximum Gasteiger partial charge on any atom is 0.255 e. The molecule has 0 atom stereocenters. The van der Waals surface area contributed by atoms with Gasteiger partial charge in [0.1, 0.15) is 5.75 Å². The lowest BCUT2D eigenvalue weighted by molar-refractivity contribution is 0.0951. The smallest absolute Gasteiger partial charge is 0.255 e. The average molecular weight is 281 g/mol. The van der Waals surface area contributed by atoms with E-state index in [4.69, 9.17) is 0 Å². The number of nitrogens with one attached hydrogen (secondary N) is 1. The molecule has 1 amide bonds. The molecule has 0 aromatic heterocycles. The summed E-state index contributed by atoms with van der Waals surface area (Å²) in [5, 5.41) is 14.8. The topological polar surface area (TPSA) is 49.3 Å². The molecule has 1 aliphatic rings. The van der Waals surface area contributed by atoms with Crippen molar-refractivity contribution < 1.29 is 9.90 Å². The number of phenolic OH excluding ortho intramolecular Hbond substituents is 1. The monoisotopic (exact) mass is 281 g/mol. The van der Waals surface area contributed by atoms with Crippen molar-refractivity contribution in [3.05, 3.63) is 53.6 Å². The Hall–Kier alpha value is -2.29. The normalized spacial score (nSPS) is 14.2. The largest absolute Gasteiger partial charge is 0.507 e. The van der Waals surface area contributed by atoms with Crippen LogP contribution in [0.5, 0.6) is 5.75 Å². The molecule has 0 saturated carbocycles. The molecular weight excluding hydrogens is 262 g/mol. The van der Waals surface area contributed by atoms with Crippen molar-refractivity contribution in [2.45, 2.75) is 25.7 Å².